The van der Waals surface area contributed by atoms with Gasteiger partial charge in [-0.2, -0.15) is 0 Å². The van der Waals surface area contributed by atoms with E-state index in [4.69, 9.17) is 9.47 Å². The minimum atomic E-state index is 0.0778. The smallest absolute Gasteiger partial charge is 0.0950 e. The van der Waals surface area contributed by atoms with E-state index < -0.39 is 0 Å². The lowest BCUT2D eigenvalue weighted by Crippen LogP contribution is -2.39. The third kappa shape index (κ3) is 5.77. The Labute approximate surface area is 129 Å². The van der Waals surface area contributed by atoms with Crippen LogP contribution in [0.3, 0.4) is 0 Å². The minimum Gasteiger partial charge on any atom is -0.376 e. The fourth-order valence-electron chi connectivity index (χ4n) is 2.45. The topological polar surface area (TPSA) is 30.5 Å². The summed E-state index contributed by atoms with van der Waals surface area (Å²) >= 11 is 0. The second kappa shape index (κ2) is 7.39. The van der Waals surface area contributed by atoms with Crippen LogP contribution in [-0.4, -0.2) is 31.4 Å². The highest BCUT2D eigenvalue weighted by Crippen LogP contribution is 2.21. The zero-order valence-corrected chi connectivity index (χ0v) is 13.8. The molecule has 1 N–H and O–H groups in total. The third-order valence-electron chi connectivity index (χ3n) is 3.77. The van der Waals surface area contributed by atoms with Crippen molar-refractivity contribution in [2.24, 2.45) is 0 Å². The highest BCUT2D eigenvalue weighted by atomic mass is 16.5. The molecule has 1 aliphatic rings. The molecule has 0 aromatic heterocycles. The molecule has 3 heteroatoms. The number of hydrogen-bond donors (Lipinski definition) is 1. The Balaban J connectivity index is 1.96. The quantitative estimate of drug-likeness (QED) is 0.868. The highest BCUT2D eigenvalue weighted by molar-refractivity contribution is 5.23. The van der Waals surface area contributed by atoms with Crippen LogP contribution in [0.1, 0.15) is 50.8 Å². The van der Waals surface area contributed by atoms with Crippen molar-refractivity contribution in [3.8, 4) is 0 Å². The van der Waals surface area contributed by atoms with Gasteiger partial charge in [0.25, 0.3) is 0 Å². The average Bonchev–Trinajstić information content (AvgIpc) is 2.92. The normalized spacial score (nSPS) is 20.7. The second-order valence-corrected chi connectivity index (χ2v) is 7.00. The number of hydrogen-bond acceptors (Lipinski definition) is 3. The summed E-state index contributed by atoms with van der Waals surface area (Å²) in [6.07, 6.45) is 2.62. The van der Waals surface area contributed by atoms with E-state index in [0.717, 1.165) is 26.0 Å². The van der Waals surface area contributed by atoms with E-state index in [1.165, 1.54) is 11.1 Å². The predicted molar refractivity (Wildman–Crippen MR) is 86.6 cm³/mol. The van der Waals surface area contributed by atoms with Crippen molar-refractivity contribution in [2.75, 3.05) is 19.8 Å². The first-order valence-electron chi connectivity index (χ1n) is 7.99. The summed E-state index contributed by atoms with van der Waals surface area (Å²) in [5.74, 6) is 0. The highest BCUT2D eigenvalue weighted by Gasteiger charge is 2.20. The first-order chi connectivity index (χ1) is 9.94. The predicted octanol–water partition coefficient (Wildman–Crippen LogP) is 3.62. The van der Waals surface area contributed by atoms with E-state index in [0.29, 0.717) is 6.61 Å². The van der Waals surface area contributed by atoms with Crippen molar-refractivity contribution < 1.29 is 9.47 Å². The first-order valence-corrected chi connectivity index (χ1v) is 7.99. The molecule has 0 aliphatic carbocycles. The summed E-state index contributed by atoms with van der Waals surface area (Å²) in [5.41, 5.74) is 2.60. The van der Waals surface area contributed by atoms with Gasteiger partial charge < -0.3 is 14.8 Å². The molecule has 0 amide bonds. The second-order valence-electron chi connectivity index (χ2n) is 7.00. The van der Waals surface area contributed by atoms with E-state index in [-0.39, 0.29) is 17.7 Å². The van der Waals surface area contributed by atoms with Crippen LogP contribution in [0.2, 0.25) is 0 Å². The number of benzene rings is 1. The van der Waals surface area contributed by atoms with Crippen molar-refractivity contribution in [1.82, 2.24) is 5.32 Å². The third-order valence-corrected chi connectivity index (χ3v) is 3.77. The standard InChI is InChI=1S/C18H29NO2/c1-14-7-9-15(10-8-14)17(12-19-18(2,3)4)21-13-16-6-5-11-20-16/h7-10,16-17,19H,5-6,11-13H2,1-4H3. The van der Waals surface area contributed by atoms with Gasteiger partial charge in [0.2, 0.25) is 0 Å². The molecule has 2 unspecified atom stereocenters. The zero-order chi connectivity index (χ0) is 15.3. The van der Waals surface area contributed by atoms with Crippen molar-refractivity contribution in [1.29, 1.82) is 0 Å². The van der Waals surface area contributed by atoms with E-state index in [9.17, 15) is 0 Å². The van der Waals surface area contributed by atoms with Gasteiger partial charge in [0.15, 0.2) is 0 Å². The fourth-order valence-corrected chi connectivity index (χ4v) is 2.45. The first kappa shape index (κ1) is 16.5. The summed E-state index contributed by atoms with van der Waals surface area (Å²) in [5, 5.41) is 3.54. The van der Waals surface area contributed by atoms with Gasteiger partial charge in [-0.3, -0.25) is 0 Å². The molecule has 1 fully saturated rings. The Bertz CT molecular complexity index is 416. The Hall–Kier alpha value is -0.900. The van der Waals surface area contributed by atoms with E-state index in [2.05, 4.69) is 57.3 Å². The molecule has 1 aromatic carbocycles. The summed E-state index contributed by atoms with van der Waals surface area (Å²) in [4.78, 5) is 0. The van der Waals surface area contributed by atoms with Gasteiger partial charge in [-0.25, -0.2) is 0 Å². The van der Waals surface area contributed by atoms with E-state index in [1.807, 2.05) is 0 Å². The zero-order valence-electron chi connectivity index (χ0n) is 13.8. The fraction of sp³-hybridized carbons (Fsp3) is 0.667. The lowest BCUT2D eigenvalue weighted by atomic mass is 10.0. The van der Waals surface area contributed by atoms with Gasteiger partial charge in [-0.05, 0) is 46.1 Å². The van der Waals surface area contributed by atoms with Crippen molar-refractivity contribution in [2.45, 2.75) is 58.3 Å². The molecule has 1 saturated heterocycles. The molecule has 0 radical (unpaired) electrons. The van der Waals surface area contributed by atoms with Crippen LogP contribution in [0, 0.1) is 6.92 Å². The van der Waals surface area contributed by atoms with Crippen LogP contribution in [0.4, 0.5) is 0 Å². The maximum absolute atomic E-state index is 6.16. The lowest BCUT2D eigenvalue weighted by Gasteiger charge is -2.26. The number of nitrogens with one attached hydrogen (secondary N) is 1. The van der Waals surface area contributed by atoms with Crippen molar-refractivity contribution in [3.63, 3.8) is 0 Å². The average molecular weight is 291 g/mol. The van der Waals surface area contributed by atoms with Crippen LogP contribution in [-0.2, 0) is 9.47 Å². The van der Waals surface area contributed by atoms with E-state index >= 15 is 0 Å². The molecular formula is C18H29NO2. The maximum atomic E-state index is 6.16. The molecule has 0 bridgehead atoms. The Morgan fingerprint density at radius 1 is 1.29 bits per heavy atom. The molecular weight excluding hydrogens is 262 g/mol. The van der Waals surface area contributed by atoms with Gasteiger partial charge in [-0.1, -0.05) is 29.8 Å². The van der Waals surface area contributed by atoms with Crippen molar-refractivity contribution >= 4 is 0 Å². The molecule has 1 heterocycles. The lowest BCUT2D eigenvalue weighted by molar-refractivity contribution is -0.0226. The SMILES string of the molecule is Cc1ccc(C(CNC(C)(C)C)OCC2CCCO2)cc1. The Morgan fingerprint density at radius 3 is 2.57 bits per heavy atom. The minimum absolute atomic E-state index is 0.0778. The Kier molecular flexibility index (Phi) is 5.80. The van der Waals surface area contributed by atoms with Crippen LogP contribution >= 0.6 is 0 Å². The molecule has 2 atom stereocenters. The van der Waals surface area contributed by atoms with Crippen LogP contribution in [0.5, 0.6) is 0 Å². The largest absolute Gasteiger partial charge is 0.376 e. The Morgan fingerprint density at radius 2 is 2.00 bits per heavy atom. The number of aryl methyl sites for hydroxylation is 1. The molecule has 3 nitrogen and oxygen atoms in total. The van der Waals surface area contributed by atoms with Crippen LogP contribution < -0.4 is 5.32 Å². The van der Waals surface area contributed by atoms with Gasteiger partial charge in [0, 0.05) is 18.7 Å². The molecule has 2 rings (SSSR count). The molecule has 21 heavy (non-hydrogen) atoms. The molecule has 118 valence electrons. The monoisotopic (exact) mass is 291 g/mol. The number of ether oxygens (including phenoxy) is 2. The van der Waals surface area contributed by atoms with Crippen molar-refractivity contribution in [3.05, 3.63) is 35.4 Å². The molecule has 0 spiro atoms. The molecule has 1 aromatic rings. The van der Waals surface area contributed by atoms with Crippen LogP contribution in [0.15, 0.2) is 24.3 Å². The summed E-state index contributed by atoms with van der Waals surface area (Å²) in [6, 6.07) is 8.63. The number of rotatable bonds is 6. The van der Waals surface area contributed by atoms with Gasteiger partial charge in [0.05, 0.1) is 18.8 Å². The molecule has 1 aliphatic heterocycles. The van der Waals surface area contributed by atoms with Gasteiger partial charge >= 0.3 is 0 Å². The van der Waals surface area contributed by atoms with Gasteiger partial charge in [0.1, 0.15) is 0 Å². The summed E-state index contributed by atoms with van der Waals surface area (Å²) < 4.78 is 11.8. The van der Waals surface area contributed by atoms with Gasteiger partial charge in [-0.15, -0.1) is 0 Å². The van der Waals surface area contributed by atoms with Crippen LogP contribution in [0.25, 0.3) is 0 Å². The molecule has 0 saturated carbocycles. The summed E-state index contributed by atoms with van der Waals surface area (Å²) in [7, 11) is 0. The van der Waals surface area contributed by atoms with E-state index in [1.54, 1.807) is 0 Å². The summed E-state index contributed by atoms with van der Waals surface area (Å²) in [6.45, 7) is 11.0. The maximum Gasteiger partial charge on any atom is 0.0950 e.